The highest BCUT2D eigenvalue weighted by molar-refractivity contribution is 14.1. The lowest BCUT2D eigenvalue weighted by atomic mass is 10.0. The molecule has 0 unspecified atom stereocenters. The molecule has 0 aliphatic heterocycles. The molecule has 0 bridgehead atoms. The summed E-state index contributed by atoms with van der Waals surface area (Å²) >= 11 is 5.83. The van der Waals surface area contributed by atoms with Gasteiger partial charge in [-0.1, -0.05) is 13.3 Å². The van der Waals surface area contributed by atoms with E-state index in [1.165, 1.54) is 0 Å². The molecule has 11 heteroatoms. The molecule has 0 atom stereocenters. The molecule has 0 aliphatic carbocycles. The monoisotopic (exact) mass is 700 g/mol. The number of amides is 2. The minimum absolute atomic E-state index is 0.0753. The molecule has 0 spiro atoms. The summed E-state index contributed by atoms with van der Waals surface area (Å²) in [6.45, 7) is 4.08. The van der Waals surface area contributed by atoms with E-state index in [-0.39, 0.29) is 19.9 Å². The number of benzene rings is 1. The van der Waals surface area contributed by atoms with Gasteiger partial charge in [0.2, 0.25) is 0 Å². The molecule has 0 fully saturated rings. The van der Waals surface area contributed by atoms with E-state index in [1.807, 2.05) is 74.7 Å². The molecule has 0 radical (unpaired) electrons. The number of hydrogen-bond donors (Lipinski definition) is 1. The molecular formula is C15H15I3N2O6. The van der Waals surface area contributed by atoms with Crippen molar-refractivity contribution < 1.29 is 28.9 Å². The van der Waals surface area contributed by atoms with Gasteiger partial charge in [0.1, 0.15) is 0 Å². The Kier molecular flexibility index (Phi) is 8.98. The van der Waals surface area contributed by atoms with Crippen LogP contribution in [0.2, 0.25) is 0 Å². The number of nitrogens with zero attached hydrogens (tertiary/aromatic N) is 1. The first kappa shape index (κ1) is 23.3. The molecule has 0 saturated carbocycles. The molecule has 2 N–H and O–H groups in total. The van der Waals surface area contributed by atoms with Gasteiger partial charge >= 0.3 is 17.8 Å². The van der Waals surface area contributed by atoms with Gasteiger partial charge < -0.3 is 15.4 Å². The summed E-state index contributed by atoms with van der Waals surface area (Å²) in [5.74, 6) is -3.27. The smallest absolute Gasteiger partial charge is 0.333 e. The average Bonchev–Trinajstić information content (AvgIpc) is 2.49. The van der Waals surface area contributed by atoms with Gasteiger partial charge in [0.05, 0.1) is 11.1 Å². The Bertz CT molecular complexity index is 765. The highest BCUT2D eigenvalue weighted by Gasteiger charge is 2.32. The normalized spacial score (nSPS) is 10.2. The van der Waals surface area contributed by atoms with E-state index in [2.05, 4.69) is 0 Å². The van der Waals surface area contributed by atoms with Crippen molar-refractivity contribution in [2.75, 3.05) is 0 Å². The van der Waals surface area contributed by atoms with Crippen molar-refractivity contribution in [2.24, 2.45) is 5.73 Å². The molecule has 2 amide bonds. The maximum Gasteiger partial charge on any atom is 0.333 e. The summed E-state index contributed by atoms with van der Waals surface area (Å²) < 4.78 is 1.52. The van der Waals surface area contributed by atoms with E-state index in [0.717, 1.165) is 25.8 Å². The van der Waals surface area contributed by atoms with Gasteiger partial charge in [-0.2, -0.15) is 0 Å². The second kappa shape index (κ2) is 10.0. The highest BCUT2D eigenvalue weighted by atomic mass is 127. The number of carbonyl (C=O) groups is 4. The molecule has 1 rings (SSSR count). The fourth-order valence-electron chi connectivity index (χ4n) is 2.02. The average molecular weight is 700 g/mol. The first-order valence-corrected chi connectivity index (χ1v) is 10.5. The summed E-state index contributed by atoms with van der Waals surface area (Å²) in [5, 5.41) is 0.220. The summed E-state index contributed by atoms with van der Waals surface area (Å²) in [5.41, 5.74) is 6.54. The van der Waals surface area contributed by atoms with Crippen LogP contribution in [-0.2, 0) is 25.7 Å². The van der Waals surface area contributed by atoms with Crippen molar-refractivity contribution in [1.29, 1.82) is 0 Å². The predicted octanol–water partition coefficient (Wildman–Crippen LogP) is 2.95. The van der Waals surface area contributed by atoms with Crippen LogP contribution < -0.4 is 5.73 Å². The van der Waals surface area contributed by atoms with Crippen molar-refractivity contribution in [2.45, 2.75) is 33.6 Å². The minimum Gasteiger partial charge on any atom is -0.366 e. The fourth-order valence-corrected chi connectivity index (χ4v) is 6.71. The van der Waals surface area contributed by atoms with Gasteiger partial charge in [0.25, 0.3) is 5.91 Å². The molecule has 0 aliphatic rings. The van der Waals surface area contributed by atoms with Crippen molar-refractivity contribution in [1.82, 2.24) is 5.23 Å². The molecule has 1 aromatic carbocycles. The second-order valence-electron chi connectivity index (χ2n) is 5.01. The number of nitrogens with two attached hydrogens (primary N) is 1. The summed E-state index contributed by atoms with van der Waals surface area (Å²) in [6.07, 6.45) is 1.38. The quantitative estimate of drug-likeness (QED) is 0.382. The Labute approximate surface area is 190 Å². The maximum absolute atomic E-state index is 12.9. The molecule has 1 aromatic rings. The number of primary amides is 1. The first-order chi connectivity index (χ1) is 12.0. The van der Waals surface area contributed by atoms with E-state index < -0.39 is 23.8 Å². The van der Waals surface area contributed by atoms with Crippen LogP contribution in [0.5, 0.6) is 0 Å². The summed E-state index contributed by atoms with van der Waals surface area (Å²) in [7, 11) is 0. The largest absolute Gasteiger partial charge is 0.366 e. The zero-order valence-corrected chi connectivity index (χ0v) is 20.5. The Balaban J connectivity index is 3.67. The zero-order valence-electron chi connectivity index (χ0n) is 14.0. The molecule has 26 heavy (non-hydrogen) atoms. The summed E-state index contributed by atoms with van der Waals surface area (Å²) in [6, 6.07) is 0. The van der Waals surface area contributed by atoms with Gasteiger partial charge in [-0.05, 0) is 79.8 Å². The van der Waals surface area contributed by atoms with Crippen LogP contribution in [-0.4, -0.2) is 29.0 Å². The standard InChI is InChI=1S/C15H15I3N2O6/c1-4-5-8-11(16)9(14(19)23)13(18)10(12(8)17)15(24)20(25-6(2)21)26-7(3)22/h4-5H2,1-3H3,(H2,19,23). The fraction of sp³-hybridized carbons (Fsp3) is 0.333. The third kappa shape index (κ3) is 5.40. The van der Waals surface area contributed by atoms with Crippen LogP contribution in [0, 0.1) is 10.7 Å². The Morgan fingerprint density at radius 3 is 1.77 bits per heavy atom. The van der Waals surface area contributed by atoms with Crippen LogP contribution in [0.4, 0.5) is 0 Å². The van der Waals surface area contributed by atoms with E-state index in [1.54, 1.807) is 0 Å². The van der Waals surface area contributed by atoms with Crippen LogP contribution in [0.15, 0.2) is 0 Å². The Morgan fingerprint density at radius 2 is 1.38 bits per heavy atom. The number of carbonyl (C=O) groups excluding carboxylic acids is 4. The number of halogens is 3. The third-order valence-electron chi connectivity index (χ3n) is 2.96. The Morgan fingerprint density at radius 1 is 0.923 bits per heavy atom. The van der Waals surface area contributed by atoms with Crippen LogP contribution in [0.1, 0.15) is 53.5 Å². The van der Waals surface area contributed by atoms with Crippen molar-refractivity contribution >= 4 is 91.5 Å². The lowest BCUT2D eigenvalue weighted by molar-refractivity contribution is -0.289. The van der Waals surface area contributed by atoms with E-state index in [4.69, 9.17) is 15.4 Å². The van der Waals surface area contributed by atoms with Crippen LogP contribution in [0.3, 0.4) is 0 Å². The van der Waals surface area contributed by atoms with Crippen molar-refractivity contribution in [3.8, 4) is 0 Å². The Hall–Kier alpha value is -0.710. The number of hydrogen-bond acceptors (Lipinski definition) is 6. The molecule has 0 aromatic heterocycles. The maximum atomic E-state index is 12.9. The molecule has 8 nitrogen and oxygen atoms in total. The first-order valence-electron chi connectivity index (χ1n) is 7.23. The minimum atomic E-state index is -0.888. The lowest BCUT2D eigenvalue weighted by Gasteiger charge is -2.21. The summed E-state index contributed by atoms with van der Waals surface area (Å²) in [4.78, 5) is 56.7. The van der Waals surface area contributed by atoms with Gasteiger partial charge in [-0.15, -0.1) is 0 Å². The number of hydroxylamine groups is 2. The second-order valence-corrected chi connectivity index (χ2v) is 8.25. The third-order valence-corrected chi connectivity index (χ3v) is 6.42. The molecule has 0 saturated heterocycles. The molecule has 142 valence electrons. The topological polar surface area (TPSA) is 116 Å². The predicted molar refractivity (Wildman–Crippen MR) is 117 cm³/mol. The molecule has 0 heterocycles. The van der Waals surface area contributed by atoms with E-state index in [9.17, 15) is 19.2 Å². The van der Waals surface area contributed by atoms with E-state index in [0.29, 0.717) is 13.6 Å². The van der Waals surface area contributed by atoms with Gasteiger partial charge in [0, 0.05) is 29.8 Å². The highest BCUT2D eigenvalue weighted by Crippen LogP contribution is 2.33. The van der Waals surface area contributed by atoms with Gasteiger partial charge in [0.15, 0.2) is 0 Å². The van der Waals surface area contributed by atoms with Crippen LogP contribution in [0.25, 0.3) is 0 Å². The van der Waals surface area contributed by atoms with Gasteiger partial charge in [-0.3, -0.25) is 9.59 Å². The van der Waals surface area contributed by atoms with E-state index >= 15 is 0 Å². The molecular weight excluding hydrogens is 685 g/mol. The SMILES string of the molecule is CCCc1c(I)c(C(N)=O)c(I)c(C(=O)N(OC(C)=O)OC(C)=O)c1I. The van der Waals surface area contributed by atoms with Crippen molar-refractivity contribution in [3.05, 3.63) is 27.4 Å². The number of rotatable bonds is 4. The lowest BCUT2D eigenvalue weighted by Crippen LogP contribution is -2.36. The van der Waals surface area contributed by atoms with Crippen molar-refractivity contribution in [3.63, 3.8) is 0 Å². The van der Waals surface area contributed by atoms with Gasteiger partial charge in [-0.25, -0.2) is 9.59 Å². The van der Waals surface area contributed by atoms with Crippen LogP contribution >= 0.6 is 67.8 Å². The zero-order chi connectivity index (χ0) is 20.2.